The Kier molecular flexibility index (Phi) is 8.16. The van der Waals surface area contributed by atoms with Crippen molar-refractivity contribution in [3.8, 4) is 5.75 Å². The molecule has 0 bridgehead atoms. The van der Waals surface area contributed by atoms with E-state index < -0.39 is 5.41 Å². The molecule has 0 spiro atoms. The number of carbonyl (C=O) groups is 2. The van der Waals surface area contributed by atoms with Gasteiger partial charge in [0.2, 0.25) is 11.9 Å². The highest BCUT2D eigenvalue weighted by Crippen LogP contribution is 2.40. The molecule has 216 valence electrons. The molecular weight excluding hydrogens is 506 g/mol. The number of piperidine rings is 1. The smallest absolute Gasteiger partial charge is 0.251 e. The monoisotopic (exact) mass is 549 g/mol. The molecule has 1 saturated carbocycles. The molecule has 1 atom stereocenters. The second-order valence-corrected chi connectivity index (χ2v) is 12.2. The molecule has 0 unspecified atom stereocenters. The normalized spacial score (nSPS) is 21.6. The van der Waals surface area contributed by atoms with Crippen molar-refractivity contribution in [2.24, 2.45) is 11.3 Å². The average molecular weight is 550 g/mol. The summed E-state index contributed by atoms with van der Waals surface area (Å²) in [6.45, 7) is 7.40. The quantitative estimate of drug-likeness (QED) is 0.533. The molecule has 5 rings (SSSR count). The summed E-state index contributed by atoms with van der Waals surface area (Å²) in [6, 6.07) is 5.70. The van der Waals surface area contributed by atoms with Crippen LogP contribution in [0.2, 0.25) is 0 Å². The van der Waals surface area contributed by atoms with Gasteiger partial charge in [0, 0.05) is 38.3 Å². The minimum atomic E-state index is -0.543. The van der Waals surface area contributed by atoms with Gasteiger partial charge >= 0.3 is 0 Å². The summed E-state index contributed by atoms with van der Waals surface area (Å²) < 4.78 is 5.64. The third kappa shape index (κ3) is 5.87. The number of aromatic nitrogens is 2. The number of rotatable bonds is 7. The molecular formula is C30H43N7O3. The first kappa shape index (κ1) is 28.1. The third-order valence-corrected chi connectivity index (χ3v) is 8.58. The van der Waals surface area contributed by atoms with E-state index >= 15 is 0 Å². The van der Waals surface area contributed by atoms with E-state index in [1.54, 1.807) is 37.4 Å². The molecule has 0 radical (unpaired) electrons. The third-order valence-electron chi connectivity index (χ3n) is 8.58. The first-order valence-electron chi connectivity index (χ1n) is 14.5. The van der Waals surface area contributed by atoms with Gasteiger partial charge in [0.05, 0.1) is 24.4 Å². The first-order valence-corrected chi connectivity index (χ1v) is 14.5. The van der Waals surface area contributed by atoms with Crippen LogP contribution in [0.15, 0.2) is 24.4 Å². The Morgan fingerprint density at radius 2 is 1.93 bits per heavy atom. The highest BCUT2D eigenvalue weighted by molar-refractivity contribution is 6.01. The van der Waals surface area contributed by atoms with Gasteiger partial charge in [-0.25, -0.2) is 4.98 Å². The first-order chi connectivity index (χ1) is 19.2. The molecule has 3 aliphatic rings. The van der Waals surface area contributed by atoms with Gasteiger partial charge in [-0.15, -0.1) is 0 Å². The van der Waals surface area contributed by atoms with Crippen molar-refractivity contribution in [3.63, 3.8) is 0 Å². The zero-order chi connectivity index (χ0) is 28.4. The van der Waals surface area contributed by atoms with Gasteiger partial charge in [-0.1, -0.05) is 12.8 Å². The van der Waals surface area contributed by atoms with E-state index in [0.717, 1.165) is 43.9 Å². The zero-order valence-electron chi connectivity index (χ0n) is 24.5. The Morgan fingerprint density at radius 1 is 1.15 bits per heavy atom. The number of ether oxygens (including phenoxy) is 1. The summed E-state index contributed by atoms with van der Waals surface area (Å²) in [5.74, 6) is 2.14. The molecule has 40 heavy (non-hydrogen) atoms. The predicted molar refractivity (Wildman–Crippen MR) is 158 cm³/mol. The van der Waals surface area contributed by atoms with Gasteiger partial charge in [0.1, 0.15) is 11.4 Å². The van der Waals surface area contributed by atoms with Crippen LogP contribution in [0, 0.1) is 11.3 Å². The van der Waals surface area contributed by atoms with E-state index in [0.29, 0.717) is 48.0 Å². The summed E-state index contributed by atoms with van der Waals surface area (Å²) >= 11 is 0. The Hall–Kier alpha value is -3.40. The average Bonchev–Trinajstić information content (AvgIpc) is 3.47. The molecule has 2 amide bonds. The summed E-state index contributed by atoms with van der Waals surface area (Å²) in [5, 5.41) is 6.38. The SMILES string of the molecule is COc1cc(C(=O)NC[C@@H]2CCCN(C)C2)ccc1Nc1ncc2c(n1)N(C1CCCC1)CC(C)(C)C(=O)N2C. The van der Waals surface area contributed by atoms with Crippen molar-refractivity contribution in [3.05, 3.63) is 30.0 Å². The van der Waals surface area contributed by atoms with E-state index in [1.807, 2.05) is 19.9 Å². The number of carbonyl (C=O) groups excluding carboxylic acids is 2. The lowest BCUT2D eigenvalue weighted by molar-refractivity contribution is -0.125. The van der Waals surface area contributed by atoms with E-state index in [1.165, 1.54) is 19.3 Å². The van der Waals surface area contributed by atoms with Crippen LogP contribution in [0.3, 0.4) is 0 Å². The van der Waals surface area contributed by atoms with Crippen molar-refractivity contribution >= 4 is 35.0 Å². The van der Waals surface area contributed by atoms with Gasteiger partial charge in [-0.3, -0.25) is 9.59 Å². The van der Waals surface area contributed by atoms with E-state index in [-0.39, 0.29) is 11.8 Å². The highest BCUT2D eigenvalue weighted by Gasteiger charge is 2.41. The topological polar surface area (TPSA) is 103 Å². The van der Waals surface area contributed by atoms with Gasteiger partial charge in [-0.05, 0) is 77.2 Å². The van der Waals surface area contributed by atoms with Crippen LogP contribution >= 0.6 is 0 Å². The molecule has 1 aliphatic carbocycles. The van der Waals surface area contributed by atoms with Crippen LogP contribution in [0.1, 0.15) is 62.7 Å². The van der Waals surface area contributed by atoms with E-state index in [4.69, 9.17) is 9.72 Å². The second kappa shape index (κ2) is 11.6. The standard InChI is InChI=1S/C30H43N7O3/c1-30(2)19-37(22-10-6-7-11-22)26-24(36(4)28(30)39)17-32-29(34-26)33-23-13-12-21(15-25(23)40-5)27(38)31-16-20-9-8-14-35(3)18-20/h12-13,15,17,20,22H,6-11,14,16,18-19H2,1-5H3,(H,31,38)(H,32,33,34)/t20-/m0/s1. The van der Waals surface area contributed by atoms with Gasteiger partial charge < -0.3 is 30.1 Å². The Labute approximate surface area is 237 Å². The predicted octanol–water partition coefficient (Wildman–Crippen LogP) is 4.05. The van der Waals surface area contributed by atoms with E-state index in [9.17, 15) is 9.59 Å². The van der Waals surface area contributed by atoms with Crippen LogP contribution < -0.4 is 25.2 Å². The number of benzene rings is 1. The molecule has 10 nitrogen and oxygen atoms in total. The number of nitrogens with zero attached hydrogens (tertiary/aromatic N) is 5. The van der Waals surface area contributed by atoms with Crippen LogP contribution in [0.4, 0.5) is 23.1 Å². The fraction of sp³-hybridized carbons (Fsp3) is 0.600. The Balaban J connectivity index is 1.36. The lowest BCUT2D eigenvalue weighted by Crippen LogP contribution is -2.45. The second-order valence-electron chi connectivity index (χ2n) is 12.2. The fourth-order valence-electron chi connectivity index (χ4n) is 6.36. The minimum Gasteiger partial charge on any atom is -0.495 e. The lowest BCUT2D eigenvalue weighted by Gasteiger charge is -2.34. The maximum Gasteiger partial charge on any atom is 0.251 e. The summed E-state index contributed by atoms with van der Waals surface area (Å²) in [7, 11) is 5.52. The Morgan fingerprint density at radius 3 is 2.65 bits per heavy atom. The van der Waals surface area contributed by atoms with Crippen LogP contribution in [-0.2, 0) is 4.79 Å². The maximum absolute atomic E-state index is 13.3. The molecule has 3 heterocycles. The summed E-state index contributed by atoms with van der Waals surface area (Å²) in [4.78, 5) is 42.0. The molecule has 1 saturated heterocycles. The molecule has 1 aromatic heterocycles. The van der Waals surface area contributed by atoms with Crippen molar-refractivity contribution in [1.29, 1.82) is 0 Å². The lowest BCUT2D eigenvalue weighted by atomic mass is 9.91. The minimum absolute atomic E-state index is 0.0598. The van der Waals surface area contributed by atoms with Crippen molar-refractivity contribution in [1.82, 2.24) is 20.2 Å². The van der Waals surface area contributed by atoms with Crippen LogP contribution in [0.25, 0.3) is 0 Å². The Bertz CT molecular complexity index is 1240. The number of anilines is 4. The van der Waals surface area contributed by atoms with Gasteiger partial charge in [0.25, 0.3) is 5.91 Å². The van der Waals surface area contributed by atoms with Crippen molar-refractivity contribution < 1.29 is 14.3 Å². The summed E-state index contributed by atoms with van der Waals surface area (Å²) in [5.41, 5.74) is 1.39. The van der Waals surface area contributed by atoms with Crippen molar-refractivity contribution in [2.45, 2.75) is 58.4 Å². The van der Waals surface area contributed by atoms with Crippen LogP contribution in [0.5, 0.6) is 5.75 Å². The van der Waals surface area contributed by atoms with Crippen molar-refractivity contribution in [2.75, 3.05) is 62.5 Å². The van der Waals surface area contributed by atoms with E-state index in [2.05, 4.69) is 32.5 Å². The number of methoxy groups -OCH3 is 1. The van der Waals surface area contributed by atoms with Gasteiger partial charge in [-0.2, -0.15) is 4.98 Å². The molecule has 2 aromatic rings. The summed E-state index contributed by atoms with van der Waals surface area (Å²) in [6.07, 6.45) is 8.58. The number of likely N-dealkylation sites (tertiary alicyclic amines) is 1. The molecule has 1 aromatic carbocycles. The number of fused-ring (bicyclic) bond motifs is 1. The largest absolute Gasteiger partial charge is 0.495 e. The molecule has 10 heteroatoms. The maximum atomic E-state index is 13.3. The molecule has 2 N–H and O–H groups in total. The van der Waals surface area contributed by atoms with Gasteiger partial charge in [0.15, 0.2) is 5.82 Å². The number of hydrogen-bond donors (Lipinski definition) is 2. The highest BCUT2D eigenvalue weighted by atomic mass is 16.5. The van der Waals surface area contributed by atoms with Crippen LogP contribution in [-0.4, -0.2) is 80.1 Å². The fourth-order valence-corrected chi connectivity index (χ4v) is 6.36. The zero-order valence-corrected chi connectivity index (χ0v) is 24.5. The number of amides is 2. The molecule has 2 fully saturated rings. The number of hydrogen-bond acceptors (Lipinski definition) is 8. The molecule has 2 aliphatic heterocycles. The number of nitrogens with one attached hydrogen (secondary N) is 2.